The lowest BCUT2D eigenvalue weighted by molar-refractivity contribution is -0.145. The number of ketones is 1. The highest BCUT2D eigenvalue weighted by atomic mass is 16.6. The number of carbonyl (C=O) groups is 5. The number of nitrogens with one attached hydrogen (secondary N) is 3. The summed E-state index contributed by atoms with van der Waals surface area (Å²) < 4.78 is 5.52. The molecule has 4 aliphatic rings. The third kappa shape index (κ3) is 8.79. The van der Waals surface area contributed by atoms with Crippen molar-refractivity contribution in [2.24, 2.45) is 23.2 Å². The summed E-state index contributed by atoms with van der Waals surface area (Å²) in [6, 6.07) is -2.65. The summed E-state index contributed by atoms with van der Waals surface area (Å²) in [7, 11) is 0. The highest BCUT2D eigenvalue weighted by molar-refractivity contribution is 6.38. The Labute approximate surface area is 274 Å². The van der Waals surface area contributed by atoms with Crippen molar-refractivity contribution in [1.82, 2.24) is 20.9 Å². The first-order valence-electron chi connectivity index (χ1n) is 17.5. The topological polar surface area (TPSA) is 134 Å². The van der Waals surface area contributed by atoms with Gasteiger partial charge in [0.15, 0.2) is 0 Å². The first kappa shape index (κ1) is 35.7. The maximum Gasteiger partial charge on any atom is 0.408 e. The lowest BCUT2D eigenvalue weighted by Gasteiger charge is -2.37. The summed E-state index contributed by atoms with van der Waals surface area (Å²) in [5.74, 6) is -2.15. The first-order valence-corrected chi connectivity index (χ1v) is 17.5. The van der Waals surface area contributed by atoms with Gasteiger partial charge in [-0.15, -0.1) is 6.58 Å². The summed E-state index contributed by atoms with van der Waals surface area (Å²) >= 11 is 0. The molecule has 0 aromatic rings. The van der Waals surface area contributed by atoms with Gasteiger partial charge in [-0.05, 0) is 102 Å². The van der Waals surface area contributed by atoms with E-state index in [2.05, 4.69) is 42.5 Å². The molecule has 0 aromatic heterocycles. The highest BCUT2D eigenvalue weighted by Crippen LogP contribution is 2.65. The quantitative estimate of drug-likeness (QED) is 0.192. The van der Waals surface area contributed by atoms with Crippen LogP contribution in [0.25, 0.3) is 0 Å². The average molecular weight is 641 g/mol. The van der Waals surface area contributed by atoms with Gasteiger partial charge in [0.05, 0.1) is 6.04 Å². The molecule has 46 heavy (non-hydrogen) atoms. The average Bonchev–Trinajstić information content (AvgIpc) is 3.32. The van der Waals surface area contributed by atoms with E-state index in [0.717, 1.165) is 51.4 Å². The Morgan fingerprint density at radius 2 is 1.78 bits per heavy atom. The van der Waals surface area contributed by atoms with E-state index in [4.69, 9.17) is 4.74 Å². The maximum absolute atomic E-state index is 14.3. The third-order valence-corrected chi connectivity index (χ3v) is 10.5. The zero-order valence-corrected chi connectivity index (χ0v) is 28.6. The standard InChI is InChI=1S/C36H56N4O6/c1-7-8-19-26(30(41)32(43)37-21-20-23-15-11-9-12-16-23)38-31(42)29-27-25(36(27,5)6)22-40(29)33(44)28(24-17-13-10-14-18-24)39-34(45)46-35(2,3)4/h7,15,24-29H,1,8-14,16-22H2,2-6H3,(H,37,43)(H,38,42)(H,39,45). The van der Waals surface area contributed by atoms with Gasteiger partial charge in [-0.25, -0.2) is 4.79 Å². The molecule has 0 spiro atoms. The van der Waals surface area contributed by atoms with Crippen molar-refractivity contribution >= 4 is 29.6 Å². The number of alkyl carbamates (subject to hydrolysis) is 1. The van der Waals surface area contributed by atoms with Gasteiger partial charge in [0.25, 0.3) is 5.91 Å². The SMILES string of the molecule is C=CCCC(NC(=O)C1C2C(CN1C(=O)C(NC(=O)OC(C)(C)C)C1CCCCC1)C2(C)C)C(=O)C(=O)NCCC1=CCCCC1. The molecule has 3 N–H and O–H groups in total. The minimum atomic E-state index is -1.04. The largest absolute Gasteiger partial charge is 0.444 e. The smallest absolute Gasteiger partial charge is 0.408 e. The fourth-order valence-corrected chi connectivity index (χ4v) is 7.80. The third-order valence-electron chi connectivity index (χ3n) is 10.5. The number of Topliss-reactive ketones (excluding diaryl/α,β-unsaturated/α-hetero) is 1. The molecule has 10 nitrogen and oxygen atoms in total. The maximum atomic E-state index is 14.3. The van der Waals surface area contributed by atoms with Gasteiger partial charge >= 0.3 is 6.09 Å². The highest BCUT2D eigenvalue weighted by Gasteiger charge is 2.69. The summed E-state index contributed by atoms with van der Waals surface area (Å²) in [4.78, 5) is 69.2. The van der Waals surface area contributed by atoms with Crippen molar-refractivity contribution in [3.63, 3.8) is 0 Å². The van der Waals surface area contributed by atoms with Gasteiger partial charge in [0.1, 0.15) is 17.7 Å². The van der Waals surface area contributed by atoms with Crippen LogP contribution in [-0.2, 0) is 23.9 Å². The van der Waals surface area contributed by atoms with Gasteiger partial charge in [-0.2, -0.15) is 0 Å². The van der Waals surface area contributed by atoms with E-state index in [-0.39, 0.29) is 35.5 Å². The van der Waals surface area contributed by atoms with Gasteiger partial charge in [0.2, 0.25) is 17.6 Å². The first-order chi connectivity index (χ1) is 21.7. The van der Waals surface area contributed by atoms with Crippen LogP contribution in [0.2, 0.25) is 0 Å². The minimum Gasteiger partial charge on any atom is -0.444 e. The van der Waals surface area contributed by atoms with Crippen molar-refractivity contribution in [3.05, 3.63) is 24.3 Å². The summed E-state index contributed by atoms with van der Waals surface area (Å²) in [5.41, 5.74) is 0.429. The van der Waals surface area contributed by atoms with Gasteiger partial charge in [0, 0.05) is 13.1 Å². The van der Waals surface area contributed by atoms with Crippen LogP contribution in [0.4, 0.5) is 4.79 Å². The number of amides is 4. The van der Waals surface area contributed by atoms with Crippen LogP contribution in [0.15, 0.2) is 24.3 Å². The molecule has 256 valence electrons. The number of ether oxygens (including phenoxy) is 1. The number of rotatable bonds is 13. The van der Waals surface area contributed by atoms with E-state index in [0.29, 0.717) is 25.9 Å². The molecule has 1 heterocycles. The van der Waals surface area contributed by atoms with Crippen molar-refractivity contribution in [3.8, 4) is 0 Å². The Kier molecular flexibility index (Phi) is 11.8. The number of carbonyl (C=O) groups excluding carboxylic acids is 5. The van der Waals surface area contributed by atoms with E-state index in [1.807, 2.05) is 0 Å². The van der Waals surface area contributed by atoms with Crippen LogP contribution >= 0.6 is 0 Å². The fraction of sp³-hybridized carbons (Fsp3) is 0.750. The Hall–Kier alpha value is -3.17. The summed E-state index contributed by atoms with van der Waals surface area (Å²) in [6.07, 6.45) is 13.6. The Morgan fingerprint density at radius 1 is 1.07 bits per heavy atom. The molecule has 4 rings (SSSR count). The zero-order valence-electron chi connectivity index (χ0n) is 28.6. The molecule has 5 atom stereocenters. The molecule has 1 saturated heterocycles. The molecule has 0 bridgehead atoms. The van der Waals surface area contributed by atoms with E-state index < -0.39 is 47.4 Å². The molecule has 1 aliphatic heterocycles. The van der Waals surface area contributed by atoms with E-state index in [1.54, 1.807) is 31.7 Å². The monoisotopic (exact) mass is 640 g/mol. The molecule has 3 fully saturated rings. The fourth-order valence-electron chi connectivity index (χ4n) is 7.80. The number of hydrogen-bond acceptors (Lipinski definition) is 6. The minimum absolute atomic E-state index is 0.0580. The molecule has 0 aromatic carbocycles. The van der Waals surface area contributed by atoms with Gasteiger partial charge in [-0.3, -0.25) is 19.2 Å². The molecular formula is C36H56N4O6. The van der Waals surface area contributed by atoms with E-state index in [9.17, 15) is 24.0 Å². The van der Waals surface area contributed by atoms with Crippen LogP contribution < -0.4 is 16.0 Å². The molecular weight excluding hydrogens is 584 g/mol. The molecule has 0 radical (unpaired) electrons. The van der Waals surface area contributed by atoms with Gasteiger partial charge < -0.3 is 25.6 Å². The lowest BCUT2D eigenvalue weighted by Crippen LogP contribution is -2.59. The second-order valence-corrected chi connectivity index (χ2v) is 15.3. The van der Waals surface area contributed by atoms with Crippen LogP contribution in [0.1, 0.15) is 112 Å². The Bertz CT molecular complexity index is 1200. The van der Waals surface area contributed by atoms with Crippen molar-refractivity contribution in [1.29, 1.82) is 0 Å². The van der Waals surface area contributed by atoms with E-state index >= 15 is 0 Å². The molecule has 2 saturated carbocycles. The number of piperidine rings is 1. The van der Waals surface area contributed by atoms with E-state index in [1.165, 1.54) is 12.0 Å². The lowest BCUT2D eigenvalue weighted by atomic mass is 9.83. The normalized spacial score (nSPS) is 25.3. The van der Waals surface area contributed by atoms with Crippen molar-refractivity contribution in [2.45, 2.75) is 135 Å². The van der Waals surface area contributed by atoms with Crippen LogP contribution in [0.5, 0.6) is 0 Å². The van der Waals surface area contributed by atoms with Crippen LogP contribution in [0.3, 0.4) is 0 Å². The molecule has 4 amide bonds. The molecule has 10 heteroatoms. The Morgan fingerprint density at radius 3 is 2.41 bits per heavy atom. The second-order valence-electron chi connectivity index (χ2n) is 15.3. The predicted octanol–water partition coefficient (Wildman–Crippen LogP) is 4.97. The predicted molar refractivity (Wildman–Crippen MR) is 177 cm³/mol. The summed E-state index contributed by atoms with van der Waals surface area (Å²) in [5, 5.41) is 8.49. The van der Waals surface area contributed by atoms with Crippen LogP contribution in [-0.4, -0.2) is 71.3 Å². The number of nitrogens with zero attached hydrogens (tertiary/aromatic N) is 1. The number of fused-ring (bicyclic) bond motifs is 1. The number of hydrogen-bond donors (Lipinski definition) is 3. The zero-order chi connectivity index (χ0) is 33.6. The molecule has 3 aliphatic carbocycles. The summed E-state index contributed by atoms with van der Waals surface area (Å²) in [6.45, 7) is 14.0. The van der Waals surface area contributed by atoms with Gasteiger partial charge in [-0.1, -0.05) is 50.8 Å². The van der Waals surface area contributed by atoms with Crippen molar-refractivity contribution in [2.75, 3.05) is 13.1 Å². The Balaban J connectivity index is 1.48. The molecule has 5 unspecified atom stereocenters. The second kappa shape index (κ2) is 15.2. The van der Waals surface area contributed by atoms with Crippen molar-refractivity contribution < 1.29 is 28.7 Å². The number of allylic oxidation sites excluding steroid dienone is 2. The van der Waals surface area contributed by atoms with Crippen LogP contribution in [0, 0.1) is 23.2 Å². The number of likely N-dealkylation sites (tertiary alicyclic amines) is 1.